The molecule has 2 aromatic rings. The molecule has 0 saturated heterocycles. The zero-order valence-corrected chi connectivity index (χ0v) is 10.6. The topological polar surface area (TPSA) is 67.2 Å². The molecule has 7 heteroatoms. The van der Waals surface area contributed by atoms with Gasteiger partial charge in [-0.1, -0.05) is 23.2 Å². The monoisotopic (exact) mass is 285 g/mol. The van der Waals surface area contributed by atoms with E-state index in [4.69, 9.17) is 23.2 Å². The molecule has 0 radical (unpaired) electrons. The molecular formula is C11H9Cl2N3O2. The van der Waals surface area contributed by atoms with Crippen molar-refractivity contribution >= 4 is 34.8 Å². The lowest BCUT2D eigenvalue weighted by Crippen LogP contribution is -2.19. The lowest BCUT2D eigenvalue weighted by molar-refractivity contribution is -0.116. The summed E-state index contributed by atoms with van der Waals surface area (Å²) >= 11 is 11.5. The van der Waals surface area contributed by atoms with Crippen LogP contribution in [-0.4, -0.2) is 20.8 Å². The van der Waals surface area contributed by atoms with Crippen LogP contribution >= 0.6 is 23.2 Å². The van der Waals surface area contributed by atoms with Gasteiger partial charge in [0.1, 0.15) is 6.54 Å². The Hall–Kier alpha value is -1.72. The van der Waals surface area contributed by atoms with Crippen molar-refractivity contribution < 1.29 is 9.90 Å². The first-order chi connectivity index (χ1) is 8.56. The minimum absolute atomic E-state index is 0.0383. The van der Waals surface area contributed by atoms with Crippen molar-refractivity contribution in [3.63, 3.8) is 0 Å². The largest absolute Gasteiger partial charge is 0.504 e. The molecule has 0 unspecified atom stereocenters. The van der Waals surface area contributed by atoms with Gasteiger partial charge in [0.15, 0.2) is 5.75 Å². The average Bonchev–Trinajstić information content (AvgIpc) is 2.77. The van der Waals surface area contributed by atoms with Crippen LogP contribution in [0, 0.1) is 0 Å². The number of hydrogen-bond acceptors (Lipinski definition) is 3. The predicted molar refractivity (Wildman–Crippen MR) is 69.0 cm³/mol. The van der Waals surface area contributed by atoms with Crippen molar-refractivity contribution in [1.82, 2.24) is 9.78 Å². The number of carbonyl (C=O) groups is 1. The van der Waals surface area contributed by atoms with Crippen molar-refractivity contribution in [2.24, 2.45) is 0 Å². The van der Waals surface area contributed by atoms with E-state index < -0.39 is 0 Å². The van der Waals surface area contributed by atoms with E-state index in [2.05, 4.69) is 10.4 Å². The SMILES string of the molecule is O=C(Cn1cccn1)Nc1cc(Cl)cc(Cl)c1O. The van der Waals surface area contributed by atoms with Gasteiger partial charge in [0.25, 0.3) is 0 Å². The summed E-state index contributed by atoms with van der Waals surface area (Å²) in [5, 5.41) is 16.5. The fraction of sp³-hybridized carbons (Fsp3) is 0.0909. The Kier molecular flexibility index (Phi) is 3.74. The van der Waals surface area contributed by atoms with Crippen LogP contribution in [0.5, 0.6) is 5.75 Å². The molecule has 0 atom stereocenters. The van der Waals surface area contributed by atoms with Gasteiger partial charge in [-0.2, -0.15) is 5.10 Å². The molecule has 0 aliphatic carbocycles. The summed E-state index contributed by atoms with van der Waals surface area (Å²) in [4.78, 5) is 11.7. The van der Waals surface area contributed by atoms with E-state index >= 15 is 0 Å². The number of carbonyl (C=O) groups excluding carboxylic acids is 1. The third-order valence-electron chi connectivity index (χ3n) is 2.17. The number of nitrogens with one attached hydrogen (secondary N) is 1. The number of aromatic hydroxyl groups is 1. The summed E-state index contributed by atoms with van der Waals surface area (Å²) in [7, 11) is 0. The third-order valence-corrected chi connectivity index (χ3v) is 2.67. The van der Waals surface area contributed by atoms with Crippen LogP contribution in [0.1, 0.15) is 0 Å². The third kappa shape index (κ3) is 2.94. The van der Waals surface area contributed by atoms with Gasteiger partial charge in [0, 0.05) is 17.4 Å². The molecule has 2 rings (SSSR count). The highest BCUT2D eigenvalue weighted by Gasteiger charge is 2.11. The number of anilines is 1. The van der Waals surface area contributed by atoms with Crippen molar-refractivity contribution in [3.05, 3.63) is 40.6 Å². The molecule has 0 aliphatic heterocycles. The van der Waals surface area contributed by atoms with Crippen molar-refractivity contribution in [3.8, 4) is 5.75 Å². The number of aromatic nitrogens is 2. The average molecular weight is 286 g/mol. The molecule has 5 nitrogen and oxygen atoms in total. The Labute approximate surface area is 113 Å². The Morgan fingerprint density at radius 3 is 2.89 bits per heavy atom. The smallest absolute Gasteiger partial charge is 0.246 e. The second-order valence-corrected chi connectivity index (χ2v) is 4.38. The van der Waals surface area contributed by atoms with Gasteiger partial charge in [-0.25, -0.2) is 0 Å². The van der Waals surface area contributed by atoms with Gasteiger partial charge in [-0.3, -0.25) is 9.48 Å². The van der Waals surface area contributed by atoms with Crippen molar-refractivity contribution in [2.45, 2.75) is 6.54 Å². The first kappa shape index (κ1) is 12.7. The van der Waals surface area contributed by atoms with Crippen LogP contribution in [0.2, 0.25) is 10.0 Å². The van der Waals surface area contributed by atoms with Gasteiger partial charge < -0.3 is 10.4 Å². The number of hydrogen-bond donors (Lipinski definition) is 2. The number of halogens is 2. The van der Waals surface area contributed by atoms with E-state index in [1.807, 2.05) is 0 Å². The maximum absolute atomic E-state index is 11.7. The molecular weight excluding hydrogens is 277 g/mol. The molecule has 1 heterocycles. The highest BCUT2D eigenvalue weighted by Crippen LogP contribution is 2.34. The molecule has 1 aromatic heterocycles. The van der Waals surface area contributed by atoms with Crippen LogP contribution < -0.4 is 5.32 Å². The van der Waals surface area contributed by atoms with Crippen LogP contribution in [0.3, 0.4) is 0 Å². The minimum atomic E-state index is -0.340. The Balaban J connectivity index is 2.12. The van der Waals surface area contributed by atoms with E-state index in [-0.39, 0.29) is 28.9 Å². The maximum atomic E-state index is 11.7. The summed E-state index contributed by atoms with van der Waals surface area (Å²) in [5.41, 5.74) is 0.171. The van der Waals surface area contributed by atoms with Gasteiger partial charge in [0.2, 0.25) is 5.91 Å². The van der Waals surface area contributed by atoms with E-state index in [1.54, 1.807) is 18.5 Å². The molecule has 1 aromatic carbocycles. The summed E-state index contributed by atoms with van der Waals surface area (Å²) in [6.07, 6.45) is 3.23. The van der Waals surface area contributed by atoms with Crippen LogP contribution in [0.15, 0.2) is 30.6 Å². The molecule has 0 saturated carbocycles. The molecule has 2 N–H and O–H groups in total. The minimum Gasteiger partial charge on any atom is -0.504 e. The number of amides is 1. The highest BCUT2D eigenvalue weighted by atomic mass is 35.5. The summed E-state index contributed by atoms with van der Waals surface area (Å²) in [6.45, 7) is 0.0383. The van der Waals surface area contributed by atoms with Crippen LogP contribution in [0.4, 0.5) is 5.69 Å². The number of phenolic OH excluding ortho intramolecular Hbond substituents is 1. The lowest BCUT2D eigenvalue weighted by atomic mass is 10.3. The molecule has 0 bridgehead atoms. The quantitative estimate of drug-likeness (QED) is 0.852. The molecule has 18 heavy (non-hydrogen) atoms. The second kappa shape index (κ2) is 5.29. The summed E-state index contributed by atoms with van der Waals surface area (Å²) < 4.78 is 1.46. The van der Waals surface area contributed by atoms with Crippen LogP contribution in [-0.2, 0) is 11.3 Å². The fourth-order valence-electron chi connectivity index (χ4n) is 1.39. The molecule has 94 valence electrons. The molecule has 1 amide bonds. The number of rotatable bonds is 3. The van der Waals surface area contributed by atoms with Gasteiger partial charge >= 0.3 is 0 Å². The number of phenols is 1. The zero-order valence-electron chi connectivity index (χ0n) is 9.10. The summed E-state index contributed by atoms with van der Waals surface area (Å²) in [6, 6.07) is 4.52. The van der Waals surface area contributed by atoms with E-state index in [0.717, 1.165) is 0 Å². The zero-order chi connectivity index (χ0) is 13.1. The maximum Gasteiger partial charge on any atom is 0.246 e. The van der Waals surface area contributed by atoms with Gasteiger partial charge in [0.05, 0.1) is 10.7 Å². The van der Waals surface area contributed by atoms with Crippen molar-refractivity contribution in [1.29, 1.82) is 0 Å². The first-order valence-corrected chi connectivity index (χ1v) is 5.77. The normalized spacial score (nSPS) is 10.3. The molecule has 0 fully saturated rings. The Bertz CT molecular complexity index is 570. The number of nitrogens with zero attached hydrogens (tertiary/aromatic N) is 2. The summed E-state index contributed by atoms with van der Waals surface area (Å²) in [5.74, 6) is -0.554. The van der Waals surface area contributed by atoms with E-state index in [0.29, 0.717) is 5.02 Å². The highest BCUT2D eigenvalue weighted by molar-refractivity contribution is 6.36. The van der Waals surface area contributed by atoms with Gasteiger partial charge in [-0.15, -0.1) is 0 Å². The number of benzene rings is 1. The molecule has 0 spiro atoms. The Morgan fingerprint density at radius 1 is 1.44 bits per heavy atom. The lowest BCUT2D eigenvalue weighted by Gasteiger charge is -2.09. The second-order valence-electron chi connectivity index (χ2n) is 3.54. The predicted octanol–water partition coefficient (Wildman–Crippen LogP) is 2.53. The first-order valence-electron chi connectivity index (χ1n) is 5.01. The van der Waals surface area contributed by atoms with Crippen molar-refractivity contribution in [2.75, 3.05) is 5.32 Å². The van der Waals surface area contributed by atoms with Gasteiger partial charge in [-0.05, 0) is 18.2 Å². The Morgan fingerprint density at radius 2 is 2.22 bits per heavy atom. The van der Waals surface area contributed by atoms with E-state index in [1.165, 1.54) is 16.8 Å². The fourth-order valence-corrected chi connectivity index (χ4v) is 1.89. The standard InChI is InChI=1S/C11H9Cl2N3O2/c12-7-4-8(13)11(18)9(5-7)15-10(17)6-16-3-1-2-14-16/h1-5,18H,6H2,(H,15,17). The molecule has 0 aliphatic rings. The van der Waals surface area contributed by atoms with E-state index in [9.17, 15) is 9.90 Å². The van der Waals surface area contributed by atoms with Crippen LogP contribution in [0.25, 0.3) is 0 Å².